The number of amides is 1. The van der Waals surface area contributed by atoms with Crippen molar-refractivity contribution in [3.8, 4) is 0 Å². The van der Waals surface area contributed by atoms with E-state index in [1.165, 1.54) is 6.07 Å². The van der Waals surface area contributed by atoms with Crippen LogP contribution in [0.15, 0.2) is 73.1 Å². The zero-order valence-corrected chi connectivity index (χ0v) is 20.4. The van der Waals surface area contributed by atoms with Crippen LogP contribution in [0.25, 0.3) is 11.0 Å². The zero-order chi connectivity index (χ0) is 25.2. The number of rotatable bonds is 6. The highest BCUT2D eigenvalue weighted by Gasteiger charge is 2.30. The largest absolute Gasteiger partial charge is 0.368 e. The quantitative estimate of drug-likeness (QED) is 0.311. The highest BCUT2D eigenvalue weighted by Crippen LogP contribution is 2.30. The van der Waals surface area contributed by atoms with E-state index in [2.05, 4.69) is 45.3 Å². The van der Waals surface area contributed by atoms with Gasteiger partial charge in [0.25, 0.3) is 5.91 Å². The number of pyridine rings is 1. The molecule has 7 nitrogen and oxygen atoms in total. The molecule has 2 atom stereocenters. The number of nitrogens with zero attached hydrogens (tertiary/aromatic N) is 4. The van der Waals surface area contributed by atoms with E-state index in [0.717, 1.165) is 47.5 Å². The number of carbonyl (C=O) groups excluding carboxylic acids is 1. The van der Waals surface area contributed by atoms with Crippen molar-refractivity contribution in [3.63, 3.8) is 0 Å². The van der Waals surface area contributed by atoms with Crippen molar-refractivity contribution in [1.29, 1.82) is 0 Å². The third-order valence-electron chi connectivity index (χ3n) is 7.01. The van der Waals surface area contributed by atoms with Gasteiger partial charge >= 0.3 is 0 Å². The molecular weight excluding hydrogens is 457 g/mol. The molecule has 1 amide bonds. The van der Waals surface area contributed by atoms with E-state index in [9.17, 15) is 9.18 Å². The number of piperazine rings is 1. The fourth-order valence-corrected chi connectivity index (χ4v) is 5.21. The summed E-state index contributed by atoms with van der Waals surface area (Å²) >= 11 is 0. The topological polar surface area (TPSA) is 73.6 Å². The molecule has 0 spiro atoms. The standard InChI is InChI=1S/C28H30FN5O2/c1-19-15-33(16-20(2)34(19)18-22-4-3-5-24(29)14-22)26-10-12-30-27-25(26)11-13-32(27)17-21-6-8-23(9-7-21)28(35)31-36/h3-14,19-20,36H,15-18H2,1-2H3,(H,31,35)/t19-,20+. The molecule has 0 radical (unpaired) electrons. The summed E-state index contributed by atoms with van der Waals surface area (Å²) < 4.78 is 15.8. The van der Waals surface area contributed by atoms with Crippen LogP contribution in [-0.2, 0) is 13.1 Å². The molecule has 1 fully saturated rings. The summed E-state index contributed by atoms with van der Waals surface area (Å²) in [5.74, 6) is -0.722. The Morgan fingerprint density at radius 1 is 1.03 bits per heavy atom. The second-order valence-electron chi connectivity index (χ2n) is 9.55. The van der Waals surface area contributed by atoms with Crippen LogP contribution in [0, 0.1) is 5.82 Å². The number of benzene rings is 2. The fourth-order valence-electron chi connectivity index (χ4n) is 5.21. The maximum Gasteiger partial charge on any atom is 0.274 e. The highest BCUT2D eigenvalue weighted by atomic mass is 19.1. The minimum Gasteiger partial charge on any atom is -0.368 e. The third kappa shape index (κ3) is 4.82. The maximum atomic E-state index is 13.7. The summed E-state index contributed by atoms with van der Waals surface area (Å²) in [6.07, 6.45) is 3.90. The average molecular weight is 488 g/mol. The molecule has 4 aromatic rings. The summed E-state index contributed by atoms with van der Waals surface area (Å²) in [5, 5.41) is 9.91. The first-order valence-electron chi connectivity index (χ1n) is 12.2. The SMILES string of the molecule is C[C@@H]1CN(c2ccnc3c2ccn3Cc2ccc(C(=O)NO)cc2)C[C@H](C)N1Cc1cccc(F)c1. The first kappa shape index (κ1) is 24.0. The smallest absolute Gasteiger partial charge is 0.274 e. The van der Waals surface area contributed by atoms with E-state index in [1.54, 1.807) is 29.7 Å². The Labute approximate surface area is 209 Å². The van der Waals surface area contributed by atoms with E-state index in [-0.39, 0.29) is 5.82 Å². The lowest BCUT2D eigenvalue weighted by molar-refractivity contribution is 0.0706. The molecule has 3 heterocycles. The summed E-state index contributed by atoms with van der Waals surface area (Å²) in [6, 6.07) is 18.8. The number of halogens is 1. The minimum absolute atomic E-state index is 0.193. The number of hydroxylamine groups is 1. The minimum atomic E-state index is -0.529. The van der Waals surface area contributed by atoms with Crippen LogP contribution in [0.3, 0.4) is 0 Å². The lowest BCUT2D eigenvalue weighted by Gasteiger charge is -2.45. The molecule has 8 heteroatoms. The molecule has 5 rings (SSSR count). The Hall–Kier alpha value is -3.75. The van der Waals surface area contributed by atoms with Gasteiger partial charge in [0.15, 0.2) is 0 Å². The van der Waals surface area contributed by atoms with Crippen LogP contribution in [0.2, 0.25) is 0 Å². The Morgan fingerprint density at radius 2 is 1.78 bits per heavy atom. The number of nitrogens with one attached hydrogen (secondary N) is 1. The van der Waals surface area contributed by atoms with Crippen LogP contribution in [0.5, 0.6) is 0 Å². The Balaban J connectivity index is 1.34. The third-order valence-corrected chi connectivity index (χ3v) is 7.01. The Kier molecular flexibility index (Phi) is 6.71. The van der Waals surface area contributed by atoms with Crippen molar-refractivity contribution >= 4 is 22.6 Å². The lowest BCUT2D eigenvalue weighted by atomic mass is 10.0. The molecule has 1 saturated heterocycles. The first-order chi connectivity index (χ1) is 17.4. The highest BCUT2D eigenvalue weighted by molar-refractivity contribution is 5.93. The second-order valence-corrected chi connectivity index (χ2v) is 9.55. The molecule has 0 bridgehead atoms. The fraction of sp³-hybridized carbons (Fsp3) is 0.286. The molecule has 186 valence electrons. The van der Waals surface area contributed by atoms with Gasteiger partial charge in [0.1, 0.15) is 11.5 Å². The number of fused-ring (bicyclic) bond motifs is 1. The van der Waals surface area contributed by atoms with Gasteiger partial charge < -0.3 is 9.47 Å². The number of hydrogen-bond donors (Lipinski definition) is 2. The summed E-state index contributed by atoms with van der Waals surface area (Å²) in [6.45, 7) is 7.55. The molecule has 0 aliphatic carbocycles. The normalized spacial score (nSPS) is 18.5. The number of aromatic nitrogens is 2. The van der Waals surface area contributed by atoms with Gasteiger partial charge in [0.05, 0.1) is 0 Å². The molecule has 1 aliphatic heterocycles. The molecule has 0 saturated carbocycles. The van der Waals surface area contributed by atoms with Crippen LogP contribution in [0.4, 0.5) is 10.1 Å². The van der Waals surface area contributed by atoms with Crippen LogP contribution in [-0.4, -0.2) is 50.7 Å². The van der Waals surface area contributed by atoms with E-state index in [0.29, 0.717) is 24.2 Å². The number of carbonyl (C=O) groups is 1. The van der Waals surface area contributed by atoms with E-state index in [1.807, 2.05) is 30.6 Å². The van der Waals surface area contributed by atoms with Crippen molar-refractivity contribution in [3.05, 3.63) is 95.6 Å². The molecule has 2 aromatic heterocycles. The Bertz CT molecular complexity index is 1360. The van der Waals surface area contributed by atoms with Gasteiger partial charge in [0.2, 0.25) is 0 Å². The van der Waals surface area contributed by atoms with Gasteiger partial charge in [-0.1, -0.05) is 24.3 Å². The van der Waals surface area contributed by atoms with Gasteiger partial charge in [-0.25, -0.2) is 14.9 Å². The Morgan fingerprint density at radius 3 is 2.47 bits per heavy atom. The van der Waals surface area contributed by atoms with Gasteiger partial charge in [-0.15, -0.1) is 0 Å². The second kappa shape index (κ2) is 10.1. The number of hydrogen-bond acceptors (Lipinski definition) is 5. The van der Waals surface area contributed by atoms with Crippen molar-refractivity contribution in [1.82, 2.24) is 19.9 Å². The van der Waals surface area contributed by atoms with Gasteiger partial charge in [0, 0.05) is 67.3 Å². The first-order valence-corrected chi connectivity index (χ1v) is 12.2. The predicted molar refractivity (Wildman–Crippen MR) is 138 cm³/mol. The van der Waals surface area contributed by atoms with Gasteiger partial charge in [-0.05, 0) is 61.4 Å². The van der Waals surface area contributed by atoms with Crippen molar-refractivity contribution in [2.75, 3.05) is 18.0 Å². The summed E-state index contributed by atoms with van der Waals surface area (Å²) in [4.78, 5) is 21.1. The van der Waals surface area contributed by atoms with Crippen LogP contribution in [0.1, 0.15) is 35.3 Å². The maximum absolute atomic E-state index is 13.7. The average Bonchev–Trinajstić information content (AvgIpc) is 3.29. The van der Waals surface area contributed by atoms with Crippen molar-refractivity contribution < 1.29 is 14.4 Å². The van der Waals surface area contributed by atoms with Crippen molar-refractivity contribution in [2.45, 2.75) is 39.0 Å². The monoisotopic (exact) mass is 487 g/mol. The summed E-state index contributed by atoms with van der Waals surface area (Å²) in [7, 11) is 0. The molecule has 0 unspecified atom stereocenters. The van der Waals surface area contributed by atoms with Crippen LogP contribution < -0.4 is 10.4 Å². The van der Waals surface area contributed by atoms with E-state index < -0.39 is 5.91 Å². The van der Waals surface area contributed by atoms with Gasteiger partial charge in [-0.3, -0.25) is 14.9 Å². The predicted octanol–water partition coefficient (Wildman–Crippen LogP) is 4.44. The molecule has 2 N–H and O–H groups in total. The van der Waals surface area contributed by atoms with Gasteiger partial charge in [-0.2, -0.15) is 0 Å². The van der Waals surface area contributed by atoms with Crippen LogP contribution >= 0.6 is 0 Å². The van der Waals surface area contributed by atoms with E-state index in [4.69, 9.17) is 5.21 Å². The van der Waals surface area contributed by atoms with Crippen molar-refractivity contribution in [2.24, 2.45) is 0 Å². The lowest BCUT2D eigenvalue weighted by Crippen LogP contribution is -2.56. The molecule has 2 aromatic carbocycles. The van der Waals surface area contributed by atoms with E-state index >= 15 is 0 Å². The molecular formula is C28H30FN5O2. The summed E-state index contributed by atoms with van der Waals surface area (Å²) in [5.41, 5.74) is 6.16. The molecule has 36 heavy (non-hydrogen) atoms. The number of anilines is 1. The molecule has 1 aliphatic rings. The zero-order valence-electron chi connectivity index (χ0n) is 20.4.